The highest BCUT2D eigenvalue weighted by Gasteiger charge is 2.27. The maximum absolute atomic E-state index is 12.0. The molecule has 0 amide bonds. The summed E-state index contributed by atoms with van der Waals surface area (Å²) in [5.41, 5.74) is 6.13. The van der Waals surface area contributed by atoms with Gasteiger partial charge in [0, 0.05) is 20.6 Å². The summed E-state index contributed by atoms with van der Waals surface area (Å²) >= 11 is 0. The predicted octanol–water partition coefficient (Wildman–Crippen LogP) is -0.0489. The first-order chi connectivity index (χ1) is 6.82. The molecule has 0 saturated heterocycles. The lowest BCUT2D eigenvalue weighted by Gasteiger charge is -2.14. The molecule has 1 heterocycles. The molecule has 0 atom stereocenters. The number of aromatic nitrogens is 2. The Morgan fingerprint density at radius 2 is 2.07 bits per heavy atom. The van der Waals surface area contributed by atoms with Gasteiger partial charge < -0.3 is 5.73 Å². The highest BCUT2D eigenvalue weighted by molar-refractivity contribution is 7.89. The van der Waals surface area contributed by atoms with Crippen LogP contribution >= 0.6 is 0 Å². The van der Waals surface area contributed by atoms with Gasteiger partial charge in [0.05, 0.1) is 5.69 Å². The number of nitrogens with two attached hydrogens (primary N) is 1. The Morgan fingerprint density at radius 1 is 1.53 bits per heavy atom. The van der Waals surface area contributed by atoms with Crippen molar-refractivity contribution in [3.8, 4) is 0 Å². The molecular formula is C8H16N4O2S. The molecule has 1 aromatic heterocycles. The zero-order valence-electron chi connectivity index (χ0n) is 9.35. The van der Waals surface area contributed by atoms with Gasteiger partial charge in [-0.2, -0.15) is 5.10 Å². The lowest BCUT2D eigenvalue weighted by atomic mass is 10.5. The lowest BCUT2D eigenvalue weighted by Crippen LogP contribution is -2.27. The maximum Gasteiger partial charge on any atom is 0.248 e. The SMILES string of the molecule is CCN(C)S(=O)(=O)c1c(N)nn(C)c1C. The zero-order valence-corrected chi connectivity index (χ0v) is 10.2. The average Bonchev–Trinajstić information content (AvgIpc) is 2.40. The molecule has 0 unspecified atom stereocenters. The molecule has 86 valence electrons. The second kappa shape index (κ2) is 3.82. The number of hydrogen-bond donors (Lipinski definition) is 1. The van der Waals surface area contributed by atoms with Crippen molar-refractivity contribution < 1.29 is 8.42 Å². The number of aryl methyl sites for hydroxylation is 1. The molecule has 7 heteroatoms. The second-order valence-electron chi connectivity index (χ2n) is 3.34. The Kier molecular flexibility index (Phi) is 3.05. The predicted molar refractivity (Wildman–Crippen MR) is 57.8 cm³/mol. The van der Waals surface area contributed by atoms with Crippen LogP contribution < -0.4 is 5.73 Å². The van der Waals surface area contributed by atoms with Crippen LogP contribution in [0.1, 0.15) is 12.6 Å². The van der Waals surface area contributed by atoms with E-state index < -0.39 is 10.0 Å². The van der Waals surface area contributed by atoms with E-state index in [1.807, 2.05) is 0 Å². The summed E-state index contributed by atoms with van der Waals surface area (Å²) in [7, 11) is -0.326. The monoisotopic (exact) mass is 232 g/mol. The molecule has 0 aromatic carbocycles. The van der Waals surface area contributed by atoms with Crippen molar-refractivity contribution >= 4 is 15.8 Å². The van der Waals surface area contributed by atoms with E-state index in [4.69, 9.17) is 5.73 Å². The van der Waals surface area contributed by atoms with Crippen molar-refractivity contribution in [1.82, 2.24) is 14.1 Å². The van der Waals surface area contributed by atoms with Gasteiger partial charge in [-0.25, -0.2) is 12.7 Å². The fourth-order valence-electron chi connectivity index (χ4n) is 1.26. The van der Waals surface area contributed by atoms with E-state index >= 15 is 0 Å². The minimum Gasteiger partial charge on any atom is -0.381 e. The fourth-order valence-corrected chi connectivity index (χ4v) is 2.72. The zero-order chi connectivity index (χ0) is 11.8. The molecule has 0 bridgehead atoms. The molecule has 0 radical (unpaired) electrons. The Bertz CT molecular complexity index is 463. The third-order valence-electron chi connectivity index (χ3n) is 2.42. The topological polar surface area (TPSA) is 81.2 Å². The summed E-state index contributed by atoms with van der Waals surface area (Å²) in [5.74, 6) is 0.0512. The molecule has 0 aliphatic carbocycles. The molecule has 1 rings (SSSR count). The van der Waals surface area contributed by atoms with E-state index in [9.17, 15) is 8.42 Å². The van der Waals surface area contributed by atoms with Crippen LogP contribution in [0.2, 0.25) is 0 Å². The summed E-state index contributed by atoms with van der Waals surface area (Å²) in [6.07, 6.45) is 0. The van der Waals surface area contributed by atoms with E-state index in [0.29, 0.717) is 12.2 Å². The van der Waals surface area contributed by atoms with Gasteiger partial charge in [0.25, 0.3) is 0 Å². The summed E-state index contributed by atoms with van der Waals surface area (Å²) < 4.78 is 26.7. The largest absolute Gasteiger partial charge is 0.381 e. The number of sulfonamides is 1. The number of nitrogens with zero attached hydrogens (tertiary/aromatic N) is 3. The normalized spacial score (nSPS) is 12.3. The van der Waals surface area contributed by atoms with E-state index in [0.717, 1.165) is 0 Å². The molecule has 0 fully saturated rings. The van der Waals surface area contributed by atoms with Crippen molar-refractivity contribution in [3.63, 3.8) is 0 Å². The van der Waals surface area contributed by atoms with E-state index in [2.05, 4.69) is 5.10 Å². The third-order valence-corrected chi connectivity index (χ3v) is 4.52. The Hall–Kier alpha value is -1.08. The van der Waals surface area contributed by atoms with Crippen LogP contribution in [0.4, 0.5) is 5.82 Å². The van der Waals surface area contributed by atoms with Crippen LogP contribution in [0.15, 0.2) is 4.90 Å². The number of rotatable bonds is 3. The van der Waals surface area contributed by atoms with Crippen LogP contribution in [0.3, 0.4) is 0 Å². The standard InChI is InChI=1S/C8H16N4O2S/c1-5-11(3)15(13,14)7-6(2)12(4)10-8(7)9/h5H2,1-4H3,(H2,9,10). The van der Waals surface area contributed by atoms with Crippen molar-refractivity contribution in [3.05, 3.63) is 5.69 Å². The van der Waals surface area contributed by atoms with E-state index in [-0.39, 0.29) is 10.7 Å². The van der Waals surface area contributed by atoms with Gasteiger partial charge >= 0.3 is 0 Å². The lowest BCUT2D eigenvalue weighted by molar-refractivity contribution is 0.486. The van der Waals surface area contributed by atoms with Crippen molar-refractivity contribution in [2.75, 3.05) is 19.3 Å². The van der Waals surface area contributed by atoms with Gasteiger partial charge in [-0.1, -0.05) is 6.92 Å². The molecule has 0 saturated carbocycles. The van der Waals surface area contributed by atoms with Gasteiger partial charge in [-0.15, -0.1) is 0 Å². The van der Waals surface area contributed by atoms with Crippen LogP contribution in [0.25, 0.3) is 0 Å². The molecule has 2 N–H and O–H groups in total. The first kappa shape index (κ1) is 12.0. The van der Waals surface area contributed by atoms with Gasteiger partial charge in [-0.3, -0.25) is 4.68 Å². The molecular weight excluding hydrogens is 216 g/mol. The summed E-state index contributed by atoms with van der Waals surface area (Å²) in [6, 6.07) is 0. The van der Waals surface area contributed by atoms with Crippen LogP contribution in [0, 0.1) is 6.92 Å². The summed E-state index contributed by atoms with van der Waals surface area (Å²) in [4.78, 5) is 0.106. The number of hydrogen-bond acceptors (Lipinski definition) is 4. The average molecular weight is 232 g/mol. The number of anilines is 1. The quantitative estimate of drug-likeness (QED) is 0.792. The minimum absolute atomic E-state index is 0.0512. The Balaban J connectivity index is 3.40. The van der Waals surface area contributed by atoms with Gasteiger partial charge in [0.15, 0.2) is 5.82 Å². The molecule has 0 aliphatic rings. The van der Waals surface area contributed by atoms with Gasteiger partial charge in [0.2, 0.25) is 10.0 Å². The summed E-state index contributed by atoms with van der Waals surface area (Å²) in [5, 5.41) is 3.88. The van der Waals surface area contributed by atoms with Crippen molar-refractivity contribution in [2.24, 2.45) is 7.05 Å². The molecule has 0 aliphatic heterocycles. The molecule has 0 spiro atoms. The smallest absolute Gasteiger partial charge is 0.248 e. The maximum atomic E-state index is 12.0. The van der Waals surface area contributed by atoms with Crippen LogP contribution in [-0.4, -0.2) is 36.1 Å². The van der Waals surface area contributed by atoms with E-state index in [1.165, 1.54) is 16.0 Å². The highest BCUT2D eigenvalue weighted by atomic mass is 32.2. The first-order valence-electron chi connectivity index (χ1n) is 4.57. The van der Waals surface area contributed by atoms with Crippen molar-refractivity contribution in [1.29, 1.82) is 0 Å². The number of nitrogen functional groups attached to an aromatic ring is 1. The summed E-state index contributed by atoms with van der Waals surface area (Å²) in [6.45, 7) is 3.84. The fraction of sp³-hybridized carbons (Fsp3) is 0.625. The first-order valence-corrected chi connectivity index (χ1v) is 6.01. The van der Waals surface area contributed by atoms with Crippen LogP contribution in [-0.2, 0) is 17.1 Å². The van der Waals surface area contributed by atoms with Gasteiger partial charge in [0.1, 0.15) is 4.90 Å². The Morgan fingerprint density at radius 3 is 2.40 bits per heavy atom. The van der Waals surface area contributed by atoms with E-state index in [1.54, 1.807) is 20.9 Å². The third kappa shape index (κ3) is 1.84. The van der Waals surface area contributed by atoms with Crippen LogP contribution in [0.5, 0.6) is 0 Å². The van der Waals surface area contributed by atoms with Gasteiger partial charge in [-0.05, 0) is 6.92 Å². The Labute approximate surface area is 89.7 Å². The molecule has 6 nitrogen and oxygen atoms in total. The molecule has 1 aromatic rings. The molecule has 15 heavy (non-hydrogen) atoms. The highest BCUT2D eigenvalue weighted by Crippen LogP contribution is 2.23. The second-order valence-corrected chi connectivity index (χ2v) is 5.32. The van der Waals surface area contributed by atoms with Crippen molar-refractivity contribution in [2.45, 2.75) is 18.7 Å². The minimum atomic E-state index is -3.50.